The van der Waals surface area contributed by atoms with Crippen molar-refractivity contribution in [3.8, 4) is 11.4 Å². The molecule has 0 aliphatic heterocycles. The summed E-state index contributed by atoms with van der Waals surface area (Å²) in [5.41, 5.74) is 3.18. The van der Waals surface area contributed by atoms with Crippen LogP contribution in [0.5, 0.6) is 0 Å². The van der Waals surface area contributed by atoms with Gasteiger partial charge in [-0.1, -0.05) is 0 Å². The molecule has 15 heavy (non-hydrogen) atoms. The van der Waals surface area contributed by atoms with E-state index in [2.05, 4.69) is 15.0 Å². The van der Waals surface area contributed by atoms with E-state index in [0.29, 0.717) is 11.4 Å². The number of rotatable bonds is 2. The predicted octanol–water partition coefficient (Wildman–Crippen LogP) is 0.0752. The summed E-state index contributed by atoms with van der Waals surface area (Å²) in [4.78, 5) is 22.1. The minimum atomic E-state index is -0.379. The lowest BCUT2D eigenvalue weighted by atomic mass is 10.2. The first-order valence-corrected chi connectivity index (χ1v) is 4.27. The van der Waals surface area contributed by atoms with Crippen molar-refractivity contribution < 1.29 is 4.79 Å². The number of nitrogens with zero attached hydrogens (tertiary/aromatic N) is 2. The number of aromatic amines is 1. The summed E-state index contributed by atoms with van der Waals surface area (Å²) >= 11 is 0. The molecule has 0 atom stereocenters. The summed E-state index contributed by atoms with van der Waals surface area (Å²) < 4.78 is 0. The van der Waals surface area contributed by atoms with Crippen LogP contribution in [0, 0.1) is 0 Å². The van der Waals surface area contributed by atoms with Gasteiger partial charge in [-0.3, -0.25) is 15.2 Å². The molecule has 76 valence electrons. The third-order valence-corrected chi connectivity index (χ3v) is 1.90. The summed E-state index contributed by atoms with van der Waals surface area (Å²) in [6.07, 6.45) is 6.39. The van der Waals surface area contributed by atoms with Crippen LogP contribution >= 0.6 is 0 Å². The van der Waals surface area contributed by atoms with Gasteiger partial charge in [-0.05, 0) is 6.07 Å². The number of nitrogens with one attached hydrogen (secondary N) is 2. The summed E-state index contributed by atoms with van der Waals surface area (Å²) in [5.74, 6) is 5.30. The molecule has 4 N–H and O–H groups in total. The van der Waals surface area contributed by atoms with Gasteiger partial charge >= 0.3 is 0 Å². The van der Waals surface area contributed by atoms with Crippen molar-refractivity contribution in [2.75, 3.05) is 0 Å². The first-order chi connectivity index (χ1) is 7.31. The van der Waals surface area contributed by atoms with Crippen LogP contribution in [-0.4, -0.2) is 20.9 Å². The van der Waals surface area contributed by atoms with Crippen LogP contribution in [0.1, 0.15) is 10.4 Å². The van der Waals surface area contributed by atoms with Gasteiger partial charge in [0.05, 0.1) is 5.56 Å². The Morgan fingerprint density at radius 1 is 1.47 bits per heavy atom. The molecule has 6 nitrogen and oxygen atoms in total. The molecule has 0 saturated carbocycles. The third-order valence-electron chi connectivity index (χ3n) is 1.90. The smallest absolute Gasteiger partial charge is 0.266 e. The van der Waals surface area contributed by atoms with E-state index in [9.17, 15) is 4.79 Å². The largest absolute Gasteiger partial charge is 0.345 e. The van der Waals surface area contributed by atoms with E-state index in [1.54, 1.807) is 24.7 Å². The lowest BCUT2D eigenvalue weighted by Crippen LogP contribution is -2.30. The number of H-pyrrole nitrogens is 1. The molecule has 0 bridgehead atoms. The number of imidazole rings is 1. The van der Waals surface area contributed by atoms with Crippen LogP contribution in [0.25, 0.3) is 11.4 Å². The van der Waals surface area contributed by atoms with Crippen molar-refractivity contribution in [1.82, 2.24) is 20.4 Å². The number of aromatic nitrogens is 3. The number of carbonyl (C=O) groups excluding carboxylic acids is 1. The normalized spacial score (nSPS) is 9.93. The standard InChI is InChI=1S/C9H9N5O/c10-14-9(15)7-3-6(4-11-5-7)8-12-1-2-13-8/h1-5H,10H2,(H,12,13)(H,14,15). The first-order valence-electron chi connectivity index (χ1n) is 4.27. The highest BCUT2D eigenvalue weighted by atomic mass is 16.2. The second-order valence-corrected chi connectivity index (χ2v) is 2.87. The number of pyridine rings is 1. The van der Waals surface area contributed by atoms with Crippen molar-refractivity contribution in [3.05, 3.63) is 36.4 Å². The number of carbonyl (C=O) groups is 1. The van der Waals surface area contributed by atoms with E-state index in [4.69, 9.17) is 5.84 Å². The fourth-order valence-corrected chi connectivity index (χ4v) is 1.20. The Balaban J connectivity index is 2.39. The number of nitrogen functional groups attached to an aromatic ring is 1. The van der Waals surface area contributed by atoms with Gasteiger partial charge in [0.25, 0.3) is 5.91 Å². The quantitative estimate of drug-likeness (QED) is 0.365. The van der Waals surface area contributed by atoms with Crippen molar-refractivity contribution in [3.63, 3.8) is 0 Å². The number of nitrogens with two attached hydrogens (primary N) is 1. The molecule has 0 aliphatic carbocycles. The van der Waals surface area contributed by atoms with Gasteiger partial charge in [-0.2, -0.15) is 0 Å². The zero-order valence-electron chi connectivity index (χ0n) is 7.77. The van der Waals surface area contributed by atoms with Crippen molar-refractivity contribution in [2.24, 2.45) is 5.84 Å². The Kier molecular flexibility index (Phi) is 2.42. The lowest BCUT2D eigenvalue weighted by Gasteiger charge is -2.00. The van der Waals surface area contributed by atoms with Gasteiger partial charge in [0.15, 0.2) is 0 Å². The van der Waals surface area contributed by atoms with Gasteiger partial charge in [-0.15, -0.1) is 0 Å². The van der Waals surface area contributed by atoms with Gasteiger partial charge in [0.1, 0.15) is 5.82 Å². The van der Waals surface area contributed by atoms with Crippen LogP contribution in [-0.2, 0) is 0 Å². The highest BCUT2D eigenvalue weighted by Crippen LogP contribution is 2.13. The molecule has 6 heteroatoms. The van der Waals surface area contributed by atoms with Crippen LogP contribution in [0.2, 0.25) is 0 Å². The highest BCUT2D eigenvalue weighted by Gasteiger charge is 2.06. The van der Waals surface area contributed by atoms with Crippen molar-refractivity contribution >= 4 is 5.91 Å². The van der Waals surface area contributed by atoms with E-state index in [0.717, 1.165) is 5.56 Å². The highest BCUT2D eigenvalue weighted by molar-refractivity contribution is 5.94. The summed E-state index contributed by atoms with van der Waals surface area (Å²) in [7, 11) is 0. The third kappa shape index (κ3) is 1.84. The second kappa shape index (κ2) is 3.89. The number of hydrogen-bond acceptors (Lipinski definition) is 4. The van der Waals surface area contributed by atoms with Crippen LogP contribution < -0.4 is 11.3 Å². The Hall–Kier alpha value is -2.21. The van der Waals surface area contributed by atoms with E-state index < -0.39 is 0 Å². The number of hydrogen-bond donors (Lipinski definition) is 3. The van der Waals surface area contributed by atoms with E-state index in [1.165, 1.54) is 6.20 Å². The molecular formula is C9H9N5O. The molecule has 2 aromatic rings. The van der Waals surface area contributed by atoms with E-state index in [1.807, 2.05) is 5.43 Å². The summed E-state index contributed by atoms with van der Waals surface area (Å²) in [6.45, 7) is 0. The molecule has 0 unspecified atom stereocenters. The average Bonchev–Trinajstić information content (AvgIpc) is 2.82. The molecule has 0 fully saturated rings. The molecule has 0 radical (unpaired) electrons. The Morgan fingerprint density at radius 3 is 3.00 bits per heavy atom. The van der Waals surface area contributed by atoms with Gasteiger partial charge in [-0.25, -0.2) is 10.8 Å². The topological polar surface area (TPSA) is 96.7 Å². The zero-order chi connectivity index (χ0) is 10.7. The summed E-state index contributed by atoms with van der Waals surface area (Å²) in [5, 5.41) is 0. The Labute approximate surface area is 85.5 Å². The Bertz CT molecular complexity index is 465. The molecule has 0 saturated heterocycles. The van der Waals surface area contributed by atoms with E-state index in [-0.39, 0.29) is 5.91 Å². The lowest BCUT2D eigenvalue weighted by molar-refractivity contribution is 0.0953. The molecule has 2 rings (SSSR count). The molecule has 0 aromatic carbocycles. The molecule has 2 heterocycles. The molecule has 0 spiro atoms. The minimum Gasteiger partial charge on any atom is -0.345 e. The molecule has 1 amide bonds. The number of hydrazine groups is 1. The first kappa shape index (κ1) is 9.35. The SMILES string of the molecule is NNC(=O)c1cncc(-c2ncc[nH]2)c1. The second-order valence-electron chi connectivity index (χ2n) is 2.87. The van der Waals surface area contributed by atoms with Crippen LogP contribution in [0.3, 0.4) is 0 Å². The van der Waals surface area contributed by atoms with Crippen LogP contribution in [0.4, 0.5) is 0 Å². The van der Waals surface area contributed by atoms with Gasteiger partial charge < -0.3 is 4.98 Å². The predicted molar refractivity (Wildman–Crippen MR) is 53.5 cm³/mol. The molecule has 2 aromatic heterocycles. The zero-order valence-corrected chi connectivity index (χ0v) is 7.77. The molecule has 0 aliphatic rings. The summed E-state index contributed by atoms with van der Waals surface area (Å²) in [6, 6.07) is 1.66. The van der Waals surface area contributed by atoms with Crippen molar-refractivity contribution in [2.45, 2.75) is 0 Å². The monoisotopic (exact) mass is 203 g/mol. The van der Waals surface area contributed by atoms with Gasteiger partial charge in [0, 0.05) is 30.4 Å². The maximum absolute atomic E-state index is 11.2. The maximum atomic E-state index is 11.2. The molecular weight excluding hydrogens is 194 g/mol. The average molecular weight is 203 g/mol. The fraction of sp³-hybridized carbons (Fsp3) is 0. The van der Waals surface area contributed by atoms with E-state index >= 15 is 0 Å². The Morgan fingerprint density at radius 2 is 2.33 bits per heavy atom. The minimum absolute atomic E-state index is 0.379. The van der Waals surface area contributed by atoms with Crippen LogP contribution in [0.15, 0.2) is 30.9 Å². The van der Waals surface area contributed by atoms with Gasteiger partial charge in [0.2, 0.25) is 0 Å². The number of amides is 1. The van der Waals surface area contributed by atoms with Crippen molar-refractivity contribution in [1.29, 1.82) is 0 Å². The fourth-order valence-electron chi connectivity index (χ4n) is 1.20. The maximum Gasteiger partial charge on any atom is 0.266 e.